The third-order valence-corrected chi connectivity index (χ3v) is 3.86. The van der Waals surface area contributed by atoms with E-state index in [2.05, 4.69) is 5.32 Å². The first-order valence-electron chi connectivity index (χ1n) is 5.79. The van der Waals surface area contributed by atoms with Crippen molar-refractivity contribution in [2.24, 2.45) is 0 Å². The fraction of sp³-hybridized carbons (Fsp3) is 0.143. The molecule has 2 aromatic carbocycles. The van der Waals surface area contributed by atoms with E-state index < -0.39 is 9.84 Å². The molecule has 0 spiro atoms. The van der Waals surface area contributed by atoms with Gasteiger partial charge in [0, 0.05) is 11.9 Å². The molecule has 4 nitrogen and oxygen atoms in total. The van der Waals surface area contributed by atoms with Crippen LogP contribution in [0.15, 0.2) is 47.4 Å². The van der Waals surface area contributed by atoms with Crippen molar-refractivity contribution in [3.8, 4) is 0 Å². The number of sulfone groups is 1. The first-order chi connectivity index (χ1) is 8.86. The number of aryl methyl sites for hydroxylation is 1. The van der Waals surface area contributed by atoms with Crippen LogP contribution in [0.1, 0.15) is 5.56 Å². The van der Waals surface area contributed by atoms with E-state index in [-0.39, 0.29) is 4.90 Å². The molecule has 5 heteroatoms. The molecular weight excluding hydrogens is 260 g/mol. The summed E-state index contributed by atoms with van der Waals surface area (Å²) in [6.45, 7) is 2.00. The lowest BCUT2D eigenvalue weighted by molar-refractivity contribution is 0.602. The number of nitrogens with one attached hydrogen (secondary N) is 1. The summed E-state index contributed by atoms with van der Waals surface area (Å²) in [6.07, 6.45) is 1.16. The first-order valence-corrected chi connectivity index (χ1v) is 7.69. The second-order valence-corrected chi connectivity index (χ2v) is 6.53. The minimum absolute atomic E-state index is 0.222. The molecule has 0 aliphatic heterocycles. The molecule has 2 aromatic rings. The van der Waals surface area contributed by atoms with Crippen LogP contribution in [0.3, 0.4) is 0 Å². The van der Waals surface area contributed by atoms with Gasteiger partial charge in [-0.2, -0.15) is 0 Å². The third-order valence-electron chi connectivity index (χ3n) is 2.75. The zero-order valence-electron chi connectivity index (χ0n) is 10.8. The van der Waals surface area contributed by atoms with Crippen LogP contribution in [0.25, 0.3) is 0 Å². The van der Waals surface area contributed by atoms with Crippen LogP contribution < -0.4 is 11.1 Å². The fourth-order valence-corrected chi connectivity index (χ4v) is 2.42. The molecule has 3 N–H and O–H groups in total. The highest BCUT2D eigenvalue weighted by Gasteiger charge is 2.09. The van der Waals surface area contributed by atoms with E-state index in [1.165, 1.54) is 6.07 Å². The molecule has 0 aliphatic rings. The summed E-state index contributed by atoms with van der Waals surface area (Å²) in [5.74, 6) is 0. The van der Waals surface area contributed by atoms with Gasteiger partial charge in [0.15, 0.2) is 9.84 Å². The van der Waals surface area contributed by atoms with E-state index in [0.717, 1.165) is 17.5 Å². The molecule has 0 bridgehead atoms. The number of nitrogen functional groups attached to an aromatic ring is 1. The molecule has 100 valence electrons. The van der Waals surface area contributed by atoms with Crippen LogP contribution in [0, 0.1) is 6.92 Å². The Morgan fingerprint density at radius 1 is 1.11 bits per heavy atom. The van der Waals surface area contributed by atoms with E-state index in [0.29, 0.717) is 11.4 Å². The van der Waals surface area contributed by atoms with Gasteiger partial charge in [0.2, 0.25) is 0 Å². The van der Waals surface area contributed by atoms with Crippen LogP contribution >= 0.6 is 0 Å². The minimum Gasteiger partial charge on any atom is -0.397 e. The normalized spacial score (nSPS) is 11.3. The lowest BCUT2D eigenvalue weighted by Crippen LogP contribution is -2.01. The van der Waals surface area contributed by atoms with Gasteiger partial charge in [0.1, 0.15) is 0 Å². The summed E-state index contributed by atoms with van der Waals surface area (Å²) in [6, 6.07) is 12.5. The largest absolute Gasteiger partial charge is 0.397 e. The van der Waals surface area contributed by atoms with Gasteiger partial charge in [-0.05, 0) is 42.8 Å². The topological polar surface area (TPSA) is 72.2 Å². The van der Waals surface area contributed by atoms with Crippen molar-refractivity contribution < 1.29 is 8.42 Å². The number of anilines is 3. The molecule has 0 aromatic heterocycles. The highest BCUT2D eigenvalue weighted by molar-refractivity contribution is 7.90. The summed E-state index contributed by atoms with van der Waals surface area (Å²) in [7, 11) is -3.23. The third kappa shape index (κ3) is 3.26. The van der Waals surface area contributed by atoms with Crippen molar-refractivity contribution in [1.29, 1.82) is 0 Å². The summed E-state index contributed by atoms with van der Waals surface area (Å²) < 4.78 is 22.8. The van der Waals surface area contributed by atoms with Gasteiger partial charge < -0.3 is 11.1 Å². The molecule has 0 amide bonds. The average Bonchev–Trinajstić information content (AvgIpc) is 2.30. The van der Waals surface area contributed by atoms with Gasteiger partial charge in [-0.3, -0.25) is 0 Å². The van der Waals surface area contributed by atoms with E-state index in [1.807, 2.05) is 31.2 Å². The maximum absolute atomic E-state index is 11.4. The van der Waals surface area contributed by atoms with Gasteiger partial charge in [0.25, 0.3) is 0 Å². The molecule has 0 heterocycles. The number of benzene rings is 2. The SMILES string of the molecule is Cc1cccc(Nc2ccc(S(C)(=O)=O)cc2N)c1. The fourth-order valence-electron chi connectivity index (χ4n) is 1.76. The molecule has 19 heavy (non-hydrogen) atoms. The predicted molar refractivity (Wildman–Crippen MR) is 78.4 cm³/mol. The summed E-state index contributed by atoms with van der Waals surface area (Å²) >= 11 is 0. The number of hydrogen-bond acceptors (Lipinski definition) is 4. The molecule has 0 saturated carbocycles. The smallest absolute Gasteiger partial charge is 0.175 e. The van der Waals surface area contributed by atoms with E-state index in [9.17, 15) is 8.42 Å². The van der Waals surface area contributed by atoms with Crippen molar-refractivity contribution >= 4 is 26.9 Å². The van der Waals surface area contributed by atoms with E-state index >= 15 is 0 Å². The average molecular weight is 276 g/mol. The lowest BCUT2D eigenvalue weighted by Gasteiger charge is -2.11. The molecule has 0 aliphatic carbocycles. The Hall–Kier alpha value is -2.01. The predicted octanol–water partition coefficient (Wildman–Crippen LogP) is 2.72. The highest BCUT2D eigenvalue weighted by atomic mass is 32.2. The monoisotopic (exact) mass is 276 g/mol. The zero-order valence-corrected chi connectivity index (χ0v) is 11.7. The molecular formula is C14H16N2O2S. The highest BCUT2D eigenvalue weighted by Crippen LogP contribution is 2.26. The Morgan fingerprint density at radius 3 is 2.42 bits per heavy atom. The Balaban J connectivity index is 2.32. The van der Waals surface area contributed by atoms with Gasteiger partial charge in [-0.15, -0.1) is 0 Å². The molecule has 2 rings (SSSR count). The Kier molecular flexibility index (Phi) is 3.48. The number of nitrogens with two attached hydrogens (primary N) is 1. The van der Waals surface area contributed by atoms with Gasteiger partial charge in [0.05, 0.1) is 16.3 Å². The standard InChI is InChI=1S/C14H16N2O2S/c1-10-4-3-5-11(8-10)16-14-7-6-12(9-13(14)15)19(2,17)18/h3-9,16H,15H2,1-2H3. The van der Waals surface area contributed by atoms with Crippen LogP contribution in [-0.2, 0) is 9.84 Å². The minimum atomic E-state index is -3.23. The van der Waals surface area contributed by atoms with Gasteiger partial charge >= 0.3 is 0 Å². The van der Waals surface area contributed by atoms with E-state index in [1.54, 1.807) is 12.1 Å². The van der Waals surface area contributed by atoms with Crippen molar-refractivity contribution in [3.63, 3.8) is 0 Å². The van der Waals surface area contributed by atoms with Crippen molar-refractivity contribution in [2.75, 3.05) is 17.3 Å². The van der Waals surface area contributed by atoms with Crippen molar-refractivity contribution in [3.05, 3.63) is 48.0 Å². The summed E-state index contributed by atoms with van der Waals surface area (Å²) in [5, 5.41) is 3.17. The van der Waals surface area contributed by atoms with Crippen molar-refractivity contribution in [1.82, 2.24) is 0 Å². The van der Waals surface area contributed by atoms with E-state index in [4.69, 9.17) is 5.73 Å². The Labute approximate surface area is 113 Å². The molecule has 0 radical (unpaired) electrons. The Morgan fingerprint density at radius 2 is 1.84 bits per heavy atom. The zero-order chi connectivity index (χ0) is 14.0. The first kappa shape index (κ1) is 13.4. The van der Waals surface area contributed by atoms with Crippen LogP contribution in [0.4, 0.5) is 17.1 Å². The summed E-state index contributed by atoms with van der Waals surface area (Å²) in [5.41, 5.74) is 9.03. The van der Waals surface area contributed by atoms with Crippen LogP contribution in [-0.4, -0.2) is 14.7 Å². The molecule has 0 unspecified atom stereocenters. The number of hydrogen-bond donors (Lipinski definition) is 2. The molecule has 0 saturated heterocycles. The van der Waals surface area contributed by atoms with Crippen LogP contribution in [0.5, 0.6) is 0 Å². The number of rotatable bonds is 3. The molecule has 0 atom stereocenters. The lowest BCUT2D eigenvalue weighted by atomic mass is 10.2. The Bertz CT molecular complexity index is 709. The van der Waals surface area contributed by atoms with Crippen molar-refractivity contribution in [2.45, 2.75) is 11.8 Å². The van der Waals surface area contributed by atoms with Gasteiger partial charge in [-0.25, -0.2) is 8.42 Å². The summed E-state index contributed by atoms with van der Waals surface area (Å²) in [4.78, 5) is 0.222. The maximum Gasteiger partial charge on any atom is 0.175 e. The maximum atomic E-state index is 11.4. The second-order valence-electron chi connectivity index (χ2n) is 4.52. The van der Waals surface area contributed by atoms with Crippen LogP contribution in [0.2, 0.25) is 0 Å². The quantitative estimate of drug-likeness (QED) is 0.845. The second kappa shape index (κ2) is 4.93. The molecule has 0 fully saturated rings. The van der Waals surface area contributed by atoms with Gasteiger partial charge in [-0.1, -0.05) is 12.1 Å².